The van der Waals surface area contributed by atoms with E-state index in [-0.39, 0.29) is 11.3 Å². The topological polar surface area (TPSA) is 110 Å². The van der Waals surface area contributed by atoms with Gasteiger partial charge in [-0.05, 0) is 30.7 Å². The standard InChI is InChI=1S/C18H15N3O5/c1-10-8-14(23)15(16(24)20(10)2)13(22)7-6-11-4-3-5-12(9-11)19-21-17(25)18(21)26/h3-9,19,23H,1-2H3/b7-6+. The number of nitrogens with zero attached hydrogens (tertiary/aromatic N) is 2. The number of nitrogens with one attached hydrogen (secondary N) is 1. The molecule has 0 unspecified atom stereocenters. The van der Waals surface area contributed by atoms with Crippen molar-refractivity contribution in [2.24, 2.45) is 7.05 Å². The fraction of sp³-hybridized carbons (Fsp3) is 0.111. The number of ketones is 1. The molecule has 2 heterocycles. The van der Waals surface area contributed by atoms with Gasteiger partial charge < -0.3 is 9.67 Å². The van der Waals surface area contributed by atoms with Gasteiger partial charge in [0.1, 0.15) is 11.3 Å². The van der Waals surface area contributed by atoms with Crippen LogP contribution in [0.4, 0.5) is 5.69 Å². The van der Waals surface area contributed by atoms with Crippen LogP contribution in [0.3, 0.4) is 0 Å². The number of carbonyl (C=O) groups excluding carboxylic acids is 1. The van der Waals surface area contributed by atoms with Crippen LogP contribution in [-0.2, 0) is 7.05 Å². The van der Waals surface area contributed by atoms with E-state index >= 15 is 0 Å². The molecule has 8 nitrogen and oxygen atoms in total. The second kappa shape index (κ2) is 6.32. The first kappa shape index (κ1) is 17.2. The van der Waals surface area contributed by atoms with Gasteiger partial charge in [0.25, 0.3) is 5.56 Å². The third-order valence-electron chi connectivity index (χ3n) is 3.99. The maximum absolute atomic E-state index is 12.3. The molecule has 0 radical (unpaired) electrons. The second-order valence-electron chi connectivity index (χ2n) is 5.79. The van der Waals surface area contributed by atoms with E-state index in [0.29, 0.717) is 16.9 Å². The number of aromatic hydroxyl groups is 1. The predicted octanol–water partition coefficient (Wildman–Crippen LogP) is 0.568. The molecule has 3 rings (SSSR count). The zero-order valence-electron chi connectivity index (χ0n) is 14.0. The first-order chi connectivity index (χ1) is 12.3. The Labute approximate surface area is 146 Å². The highest BCUT2D eigenvalue weighted by Gasteiger charge is 2.17. The van der Waals surface area contributed by atoms with Crippen LogP contribution in [0.2, 0.25) is 0 Å². The average molecular weight is 353 g/mol. The molecule has 8 heteroatoms. The van der Waals surface area contributed by atoms with Gasteiger partial charge >= 0.3 is 11.1 Å². The predicted molar refractivity (Wildman–Crippen MR) is 96.3 cm³/mol. The lowest BCUT2D eigenvalue weighted by Gasteiger charge is -2.07. The molecule has 132 valence electrons. The van der Waals surface area contributed by atoms with E-state index in [2.05, 4.69) is 5.43 Å². The molecule has 0 spiro atoms. The lowest BCUT2D eigenvalue weighted by Crippen LogP contribution is -2.25. The van der Waals surface area contributed by atoms with Gasteiger partial charge in [-0.2, -0.15) is 4.68 Å². The van der Waals surface area contributed by atoms with Gasteiger partial charge in [-0.1, -0.05) is 18.2 Å². The fourth-order valence-electron chi connectivity index (χ4n) is 2.37. The summed E-state index contributed by atoms with van der Waals surface area (Å²) >= 11 is 0. The van der Waals surface area contributed by atoms with Gasteiger partial charge in [-0.25, -0.2) is 0 Å². The summed E-state index contributed by atoms with van der Waals surface area (Å²) < 4.78 is 2.14. The Morgan fingerprint density at radius 3 is 2.46 bits per heavy atom. The molecular formula is C18H15N3O5. The molecule has 0 atom stereocenters. The number of benzene rings is 1. The van der Waals surface area contributed by atoms with Gasteiger partial charge in [0.05, 0.1) is 5.69 Å². The highest BCUT2D eigenvalue weighted by atomic mass is 16.3. The van der Waals surface area contributed by atoms with Crippen LogP contribution in [0.5, 0.6) is 5.75 Å². The summed E-state index contributed by atoms with van der Waals surface area (Å²) in [5.41, 5.74) is 2.14. The van der Waals surface area contributed by atoms with Crippen LogP contribution >= 0.6 is 0 Å². The van der Waals surface area contributed by atoms with Gasteiger partial charge in [0, 0.05) is 18.8 Å². The average Bonchev–Trinajstić information content (AvgIpc) is 3.16. The number of rotatable bonds is 5. The number of aryl methyl sites for hydroxylation is 1. The van der Waals surface area contributed by atoms with E-state index in [1.165, 1.54) is 29.8 Å². The van der Waals surface area contributed by atoms with Crippen LogP contribution in [-0.4, -0.2) is 20.1 Å². The molecule has 0 saturated carbocycles. The lowest BCUT2D eigenvalue weighted by molar-refractivity contribution is 0.104. The quantitative estimate of drug-likeness (QED) is 0.394. The lowest BCUT2D eigenvalue weighted by atomic mass is 10.1. The number of pyridine rings is 1. The Hall–Kier alpha value is -3.68. The van der Waals surface area contributed by atoms with E-state index in [1.54, 1.807) is 31.2 Å². The van der Waals surface area contributed by atoms with Crippen molar-refractivity contribution >= 4 is 17.5 Å². The summed E-state index contributed by atoms with van der Waals surface area (Å²) in [6.07, 6.45) is 2.65. The molecule has 3 aromatic rings. The Morgan fingerprint density at radius 2 is 1.81 bits per heavy atom. The number of anilines is 1. The normalized spacial score (nSPS) is 11.3. The first-order valence-electron chi connectivity index (χ1n) is 7.66. The smallest absolute Gasteiger partial charge is 0.340 e. The summed E-state index contributed by atoms with van der Waals surface area (Å²) in [5, 5.41) is 9.92. The first-order valence-corrected chi connectivity index (χ1v) is 7.66. The van der Waals surface area contributed by atoms with E-state index < -0.39 is 22.5 Å². The number of aromatic nitrogens is 2. The molecule has 2 N–H and O–H groups in total. The molecule has 0 amide bonds. The Morgan fingerprint density at radius 1 is 1.12 bits per heavy atom. The van der Waals surface area contributed by atoms with E-state index in [1.807, 2.05) is 0 Å². The molecule has 2 aromatic heterocycles. The van der Waals surface area contributed by atoms with Crippen molar-refractivity contribution in [2.45, 2.75) is 6.92 Å². The third kappa shape index (κ3) is 3.12. The van der Waals surface area contributed by atoms with Gasteiger partial charge in [-0.15, -0.1) is 0 Å². The number of hydrogen-bond donors (Lipinski definition) is 2. The SMILES string of the molecule is Cc1cc(O)c(C(=O)/C=C/c2cccc(Nn3c(=O)c3=O)c2)c(=O)n1C. The van der Waals surface area contributed by atoms with Crippen molar-refractivity contribution in [3.63, 3.8) is 0 Å². The van der Waals surface area contributed by atoms with Crippen LogP contribution in [0.25, 0.3) is 6.08 Å². The van der Waals surface area contributed by atoms with Crippen molar-refractivity contribution < 1.29 is 9.90 Å². The maximum atomic E-state index is 12.3. The number of allylic oxidation sites excluding steroid dienone is 1. The number of carbonyl (C=O) groups is 1. The Balaban J connectivity index is 1.84. The maximum Gasteiger partial charge on any atom is 0.340 e. The zero-order valence-corrected chi connectivity index (χ0v) is 14.0. The fourth-order valence-corrected chi connectivity index (χ4v) is 2.37. The molecule has 1 aromatic carbocycles. The molecule has 0 aliphatic rings. The Bertz CT molecular complexity index is 1150. The zero-order chi connectivity index (χ0) is 19.0. The highest BCUT2D eigenvalue weighted by molar-refractivity contribution is 6.08. The molecule has 0 fully saturated rings. The van der Waals surface area contributed by atoms with Crippen molar-refractivity contribution in [1.29, 1.82) is 0 Å². The summed E-state index contributed by atoms with van der Waals surface area (Å²) in [4.78, 5) is 46.5. The van der Waals surface area contributed by atoms with Crippen molar-refractivity contribution in [3.05, 3.63) is 84.3 Å². The van der Waals surface area contributed by atoms with Crippen molar-refractivity contribution in [2.75, 3.05) is 5.43 Å². The van der Waals surface area contributed by atoms with Gasteiger partial charge in [0.2, 0.25) is 0 Å². The minimum Gasteiger partial charge on any atom is -0.507 e. The van der Waals surface area contributed by atoms with Crippen LogP contribution < -0.4 is 22.1 Å². The molecule has 26 heavy (non-hydrogen) atoms. The molecule has 0 saturated heterocycles. The van der Waals surface area contributed by atoms with Crippen molar-refractivity contribution in [3.8, 4) is 5.75 Å². The van der Waals surface area contributed by atoms with E-state index in [4.69, 9.17) is 0 Å². The van der Waals surface area contributed by atoms with Gasteiger partial charge in [-0.3, -0.25) is 24.6 Å². The molecule has 0 aliphatic heterocycles. The summed E-state index contributed by atoms with van der Waals surface area (Å²) in [6, 6.07) is 8.00. The van der Waals surface area contributed by atoms with Gasteiger partial charge in [0.15, 0.2) is 5.78 Å². The minimum absolute atomic E-state index is 0.302. The largest absolute Gasteiger partial charge is 0.507 e. The molecule has 0 aliphatic carbocycles. The molecular weight excluding hydrogens is 338 g/mol. The Kier molecular flexibility index (Phi) is 4.17. The van der Waals surface area contributed by atoms with E-state index in [9.17, 15) is 24.3 Å². The van der Waals surface area contributed by atoms with Crippen LogP contribution in [0.1, 0.15) is 21.6 Å². The van der Waals surface area contributed by atoms with E-state index in [0.717, 1.165) is 4.68 Å². The number of hydrogen-bond acceptors (Lipinski definition) is 6. The van der Waals surface area contributed by atoms with Crippen LogP contribution in [0, 0.1) is 6.92 Å². The minimum atomic E-state index is -0.627. The van der Waals surface area contributed by atoms with Crippen LogP contribution in [0.15, 0.2) is 50.8 Å². The second-order valence-corrected chi connectivity index (χ2v) is 5.79. The van der Waals surface area contributed by atoms with Crippen molar-refractivity contribution in [1.82, 2.24) is 9.24 Å². The highest BCUT2D eigenvalue weighted by Crippen LogP contribution is 2.17. The monoisotopic (exact) mass is 353 g/mol. The summed E-state index contributed by atoms with van der Waals surface area (Å²) in [5.74, 6) is -0.994. The summed E-state index contributed by atoms with van der Waals surface area (Å²) in [6.45, 7) is 1.65. The summed E-state index contributed by atoms with van der Waals surface area (Å²) in [7, 11) is 1.52. The third-order valence-corrected chi connectivity index (χ3v) is 3.99. The molecule has 0 bridgehead atoms.